The van der Waals surface area contributed by atoms with Gasteiger partial charge < -0.3 is 15.2 Å². The van der Waals surface area contributed by atoms with Crippen molar-refractivity contribution < 1.29 is 4.79 Å². The number of carbonyl (C=O) groups is 1. The standard InChI is InChI=1S/C18H18N4O/c23-18(14-4-5-16-13(11-14)6-9-19-16)21-15-7-10-22(12-15)17-3-1-2-8-20-17/h1-6,8-9,11,15,19H,7,10,12H2,(H,21,23). The predicted octanol–water partition coefficient (Wildman–Crippen LogP) is 2.57. The summed E-state index contributed by atoms with van der Waals surface area (Å²) in [6, 6.07) is 13.8. The van der Waals surface area contributed by atoms with E-state index < -0.39 is 0 Å². The maximum absolute atomic E-state index is 12.5. The third-order valence-electron chi connectivity index (χ3n) is 4.31. The van der Waals surface area contributed by atoms with Crippen LogP contribution in [0.25, 0.3) is 10.9 Å². The summed E-state index contributed by atoms with van der Waals surface area (Å²) in [5.74, 6) is 0.957. The molecule has 0 aliphatic carbocycles. The molecule has 1 amide bonds. The Hall–Kier alpha value is -2.82. The Labute approximate surface area is 134 Å². The van der Waals surface area contributed by atoms with Gasteiger partial charge in [-0.15, -0.1) is 0 Å². The molecule has 1 aliphatic rings. The van der Waals surface area contributed by atoms with Crippen LogP contribution in [0.3, 0.4) is 0 Å². The molecule has 1 fully saturated rings. The van der Waals surface area contributed by atoms with E-state index in [4.69, 9.17) is 0 Å². The molecule has 1 aliphatic heterocycles. The number of aromatic nitrogens is 2. The number of aromatic amines is 1. The first-order chi connectivity index (χ1) is 11.3. The summed E-state index contributed by atoms with van der Waals surface area (Å²) in [6.07, 6.45) is 4.62. The Morgan fingerprint density at radius 1 is 1.26 bits per heavy atom. The van der Waals surface area contributed by atoms with E-state index in [-0.39, 0.29) is 11.9 Å². The van der Waals surface area contributed by atoms with Crippen molar-refractivity contribution in [2.45, 2.75) is 12.5 Å². The molecule has 1 atom stereocenters. The van der Waals surface area contributed by atoms with Crippen LogP contribution >= 0.6 is 0 Å². The molecule has 3 heterocycles. The summed E-state index contributed by atoms with van der Waals surface area (Å²) in [5, 5.41) is 4.19. The highest BCUT2D eigenvalue weighted by atomic mass is 16.1. The Morgan fingerprint density at radius 3 is 3.09 bits per heavy atom. The molecule has 5 heteroatoms. The van der Waals surface area contributed by atoms with E-state index >= 15 is 0 Å². The minimum atomic E-state index is -0.0130. The molecule has 0 radical (unpaired) electrons. The number of pyridine rings is 1. The molecule has 0 bridgehead atoms. The molecule has 2 aromatic heterocycles. The van der Waals surface area contributed by atoms with Crippen molar-refractivity contribution in [1.82, 2.24) is 15.3 Å². The lowest BCUT2D eigenvalue weighted by Gasteiger charge is -2.17. The number of fused-ring (bicyclic) bond motifs is 1. The van der Waals surface area contributed by atoms with Crippen molar-refractivity contribution in [1.29, 1.82) is 0 Å². The van der Waals surface area contributed by atoms with Crippen LogP contribution in [0.5, 0.6) is 0 Å². The van der Waals surface area contributed by atoms with Crippen LogP contribution in [-0.4, -0.2) is 35.0 Å². The third-order valence-corrected chi connectivity index (χ3v) is 4.31. The van der Waals surface area contributed by atoms with E-state index in [1.54, 1.807) is 6.20 Å². The van der Waals surface area contributed by atoms with Gasteiger partial charge in [-0.25, -0.2) is 4.98 Å². The van der Waals surface area contributed by atoms with Gasteiger partial charge in [-0.3, -0.25) is 4.79 Å². The van der Waals surface area contributed by atoms with Crippen LogP contribution in [0.2, 0.25) is 0 Å². The van der Waals surface area contributed by atoms with Crippen LogP contribution in [-0.2, 0) is 0 Å². The zero-order valence-corrected chi connectivity index (χ0v) is 12.7. The van der Waals surface area contributed by atoms with Gasteiger partial charge in [0, 0.05) is 48.0 Å². The molecule has 1 aromatic carbocycles. The highest BCUT2D eigenvalue weighted by Crippen LogP contribution is 2.18. The van der Waals surface area contributed by atoms with Gasteiger partial charge in [0.2, 0.25) is 0 Å². The minimum absolute atomic E-state index is 0.0130. The molecule has 3 aromatic rings. The largest absolute Gasteiger partial charge is 0.361 e. The highest BCUT2D eigenvalue weighted by molar-refractivity contribution is 5.98. The number of H-pyrrole nitrogens is 1. The van der Waals surface area contributed by atoms with Gasteiger partial charge in [0.15, 0.2) is 0 Å². The quantitative estimate of drug-likeness (QED) is 0.782. The maximum atomic E-state index is 12.5. The monoisotopic (exact) mass is 306 g/mol. The molecule has 1 saturated heterocycles. The molecule has 23 heavy (non-hydrogen) atoms. The lowest BCUT2D eigenvalue weighted by atomic mass is 10.1. The number of anilines is 1. The first kappa shape index (κ1) is 13.8. The SMILES string of the molecule is O=C(NC1CCN(c2ccccn2)C1)c1ccc2[nH]ccc2c1. The summed E-state index contributed by atoms with van der Waals surface area (Å²) in [7, 11) is 0. The number of rotatable bonds is 3. The van der Waals surface area contributed by atoms with Crippen molar-refractivity contribution >= 4 is 22.6 Å². The van der Waals surface area contributed by atoms with Gasteiger partial charge in [-0.1, -0.05) is 6.07 Å². The number of nitrogens with zero attached hydrogens (tertiary/aromatic N) is 2. The van der Waals surface area contributed by atoms with E-state index in [0.29, 0.717) is 5.56 Å². The average Bonchev–Trinajstić information content (AvgIpc) is 3.24. The Kier molecular flexibility index (Phi) is 3.46. The third kappa shape index (κ3) is 2.77. The fourth-order valence-electron chi connectivity index (χ4n) is 3.09. The normalized spacial score (nSPS) is 17.6. The highest BCUT2D eigenvalue weighted by Gasteiger charge is 2.25. The number of nitrogens with one attached hydrogen (secondary N) is 2. The molecule has 2 N–H and O–H groups in total. The number of hydrogen-bond donors (Lipinski definition) is 2. The van der Waals surface area contributed by atoms with Gasteiger partial charge in [0.1, 0.15) is 5.82 Å². The van der Waals surface area contributed by atoms with Gasteiger partial charge in [-0.05, 0) is 42.8 Å². The first-order valence-electron chi connectivity index (χ1n) is 7.83. The topological polar surface area (TPSA) is 61.0 Å². The lowest BCUT2D eigenvalue weighted by Crippen LogP contribution is -2.37. The van der Waals surface area contributed by atoms with Crippen molar-refractivity contribution in [3.63, 3.8) is 0 Å². The van der Waals surface area contributed by atoms with Gasteiger partial charge in [-0.2, -0.15) is 0 Å². The second-order valence-corrected chi connectivity index (χ2v) is 5.87. The fourth-order valence-corrected chi connectivity index (χ4v) is 3.09. The molecule has 4 rings (SSSR count). The van der Waals surface area contributed by atoms with Gasteiger partial charge in [0.25, 0.3) is 5.91 Å². The summed E-state index contributed by atoms with van der Waals surface area (Å²) in [6.45, 7) is 1.72. The summed E-state index contributed by atoms with van der Waals surface area (Å²) in [5.41, 5.74) is 1.75. The summed E-state index contributed by atoms with van der Waals surface area (Å²) >= 11 is 0. The van der Waals surface area contributed by atoms with Crippen molar-refractivity contribution in [2.75, 3.05) is 18.0 Å². The number of hydrogen-bond acceptors (Lipinski definition) is 3. The number of amides is 1. The van der Waals surface area contributed by atoms with E-state index in [9.17, 15) is 4.79 Å². The van der Waals surface area contributed by atoms with Crippen LogP contribution < -0.4 is 10.2 Å². The van der Waals surface area contributed by atoms with E-state index in [0.717, 1.165) is 36.2 Å². The van der Waals surface area contributed by atoms with E-state index in [2.05, 4.69) is 20.2 Å². The summed E-state index contributed by atoms with van der Waals surface area (Å²) in [4.78, 5) is 22.2. The second kappa shape index (κ2) is 5.76. The number of carbonyl (C=O) groups excluding carboxylic acids is 1. The van der Waals surface area contributed by atoms with Gasteiger partial charge in [0.05, 0.1) is 0 Å². The Bertz CT molecular complexity index is 827. The molecule has 0 spiro atoms. The molecule has 0 saturated carbocycles. The molecular formula is C18H18N4O. The van der Waals surface area contributed by atoms with Crippen molar-refractivity contribution in [3.05, 3.63) is 60.4 Å². The lowest BCUT2D eigenvalue weighted by molar-refractivity contribution is 0.0940. The predicted molar refractivity (Wildman–Crippen MR) is 90.6 cm³/mol. The minimum Gasteiger partial charge on any atom is -0.361 e. The molecule has 116 valence electrons. The van der Waals surface area contributed by atoms with Crippen LogP contribution in [0.1, 0.15) is 16.8 Å². The maximum Gasteiger partial charge on any atom is 0.251 e. The van der Waals surface area contributed by atoms with Gasteiger partial charge >= 0.3 is 0 Å². The molecule has 5 nitrogen and oxygen atoms in total. The van der Waals surface area contributed by atoms with Crippen LogP contribution in [0, 0.1) is 0 Å². The van der Waals surface area contributed by atoms with Crippen LogP contribution in [0.4, 0.5) is 5.82 Å². The van der Waals surface area contributed by atoms with Crippen molar-refractivity contribution in [3.8, 4) is 0 Å². The smallest absolute Gasteiger partial charge is 0.251 e. The number of benzene rings is 1. The first-order valence-corrected chi connectivity index (χ1v) is 7.83. The Morgan fingerprint density at radius 2 is 2.22 bits per heavy atom. The summed E-state index contributed by atoms with van der Waals surface area (Å²) < 4.78 is 0. The zero-order chi connectivity index (χ0) is 15.6. The van der Waals surface area contributed by atoms with E-state index in [1.807, 2.05) is 48.7 Å². The average molecular weight is 306 g/mol. The Balaban J connectivity index is 1.43. The second-order valence-electron chi connectivity index (χ2n) is 5.87. The van der Waals surface area contributed by atoms with Crippen LogP contribution in [0.15, 0.2) is 54.9 Å². The molecule has 1 unspecified atom stereocenters. The zero-order valence-electron chi connectivity index (χ0n) is 12.7. The fraction of sp³-hybridized carbons (Fsp3) is 0.222. The van der Waals surface area contributed by atoms with E-state index in [1.165, 1.54) is 0 Å². The molecular weight excluding hydrogens is 288 g/mol. The van der Waals surface area contributed by atoms with Crippen molar-refractivity contribution in [2.24, 2.45) is 0 Å².